The summed E-state index contributed by atoms with van der Waals surface area (Å²) < 4.78 is 0. The van der Waals surface area contributed by atoms with E-state index in [0.29, 0.717) is 0 Å². The smallest absolute Gasteiger partial charge is 0.0540 e. The Morgan fingerprint density at radius 3 is 1.08 bits per heavy atom. The van der Waals surface area contributed by atoms with Crippen molar-refractivity contribution in [3.8, 4) is 77.9 Å². The summed E-state index contributed by atoms with van der Waals surface area (Å²) >= 11 is 0. The number of rotatable bonds is 10. The van der Waals surface area contributed by atoms with Gasteiger partial charge in [0.2, 0.25) is 0 Å². The van der Waals surface area contributed by atoms with Crippen molar-refractivity contribution in [3.63, 3.8) is 0 Å². The second-order valence-corrected chi connectivity index (χ2v) is 16.5. The predicted molar refractivity (Wildman–Crippen MR) is 277 cm³/mol. The van der Waals surface area contributed by atoms with E-state index in [0.717, 1.165) is 44.9 Å². The number of fused-ring (bicyclic) bond motifs is 1. The SMILES string of the molecule is c1ccc(-c2ccc(N(c3ccc(-c4ccc(-c5ccccc5)c(-c5cccc6ccccc56)c4)cc3)c3ccc(-c4ccccc4)cc3-c3ccccc3)c(-c3ccccc3)c2)cc1. The molecule has 0 atom stereocenters. The molecule has 0 radical (unpaired) electrons. The van der Waals surface area contributed by atoms with Gasteiger partial charge in [-0.15, -0.1) is 0 Å². The van der Waals surface area contributed by atoms with E-state index in [1.165, 1.54) is 60.8 Å². The summed E-state index contributed by atoms with van der Waals surface area (Å²) in [4.78, 5) is 2.46. The molecule has 0 unspecified atom stereocenters. The lowest BCUT2D eigenvalue weighted by Gasteiger charge is -2.31. The maximum atomic E-state index is 2.46. The van der Waals surface area contributed by atoms with Crippen LogP contribution >= 0.6 is 0 Å². The van der Waals surface area contributed by atoms with E-state index in [-0.39, 0.29) is 0 Å². The standard InChI is InChI=1S/C64H45N/c1-6-19-46(20-7-1)54-36-41-63(60(43-54)51-25-12-4-13-26-51)65(64-42-37-55(47-21-8-2-9-22-47)44-61(64)52-27-14-5-15-28-52)56-38-33-48(34-39-56)53-35-40-58(49-23-10-3-11-24-49)62(45-53)59-32-18-30-50-29-16-17-31-57(50)59/h1-45H. The topological polar surface area (TPSA) is 3.24 Å². The van der Waals surface area contributed by atoms with Crippen molar-refractivity contribution in [2.45, 2.75) is 0 Å². The number of hydrogen-bond donors (Lipinski definition) is 0. The van der Waals surface area contributed by atoms with Crippen molar-refractivity contribution >= 4 is 27.8 Å². The van der Waals surface area contributed by atoms with E-state index in [2.05, 4.69) is 278 Å². The Hall–Kier alpha value is -8.52. The van der Waals surface area contributed by atoms with Crippen LogP contribution in [0.1, 0.15) is 0 Å². The molecule has 0 aromatic heterocycles. The van der Waals surface area contributed by atoms with Crippen LogP contribution in [0.25, 0.3) is 88.7 Å². The van der Waals surface area contributed by atoms with Crippen LogP contribution < -0.4 is 4.90 Å². The summed E-state index contributed by atoms with van der Waals surface area (Å²) in [5.41, 5.74) is 19.8. The van der Waals surface area contributed by atoms with E-state index < -0.39 is 0 Å². The van der Waals surface area contributed by atoms with Crippen LogP contribution in [0.15, 0.2) is 273 Å². The second-order valence-electron chi connectivity index (χ2n) is 16.5. The molecular weight excluding hydrogens is 783 g/mol. The normalized spacial score (nSPS) is 11.1. The van der Waals surface area contributed by atoms with Crippen LogP contribution in [0, 0.1) is 0 Å². The van der Waals surface area contributed by atoms with Gasteiger partial charge in [-0.05, 0) is 120 Å². The average Bonchev–Trinajstić information content (AvgIpc) is 3.40. The minimum atomic E-state index is 1.07. The Kier molecular flexibility index (Phi) is 10.7. The summed E-state index contributed by atoms with van der Waals surface area (Å²) in [6, 6.07) is 99.0. The third-order valence-corrected chi connectivity index (χ3v) is 12.5. The molecule has 0 aliphatic heterocycles. The zero-order valence-electron chi connectivity index (χ0n) is 35.9. The predicted octanol–water partition coefficient (Wildman–Crippen LogP) is 18.0. The maximum absolute atomic E-state index is 2.46. The van der Waals surface area contributed by atoms with Crippen molar-refractivity contribution < 1.29 is 0 Å². The van der Waals surface area contributed by atoms with Crippen molar-refractivity contribution in [1.29, 1.82) is 0 Å². The minimum absolute atomic E-state index is 1.07. The number of hydrogen-bond acceptors (Lipinski definition) is 1. The molecular formula is C64H45N. The lowest BCUT2D eigenvalue weighted by Crippen LogP contribution is -2.13. The minimum Gasteiger partial charge on any atom is -0.309 e. The molecule has 0 N–H and O–H groups in total. The Bertz CT molecular complexity index is 3250. The van der Waals surface area contributed by atoms with Crippen molar-refractivity contribution in [2.24, 2.45) is 0 Å². The highest BCUT2D eigenvalue weighted by molar-refractivity contribution is 6.02. The molecule has 0 aliphatic rings. The van der Waals surface area contributed by atoms with Crippen LogP contribution in [0.4, 0.5) is 17.1 Å². The molecule has 1 heteroatoms. The fraction of sp³-hybridized carbons (Fsp3) is 0. The molecule has 0 spiro atoms. The van der Waals surface area contributed by atoms with Gasteiger partial charge < -0.3 is 4.90 Å². The second kappa shape index (κ2) is 17.7. The Balaban J connectivity index is 1.10. The van der Waals surface area contributed by atoms with Gasteiger partial charge in [0.25, 0.3) is 0 Å². The number of nitrogens with zero attached hydrogens (tertiary/aromatic N) is 1. The zero-order chi connectivity index (χ0) is 43.4. The molecule has 11 aromatic carbocycles. The van der Waals surface area contributed by atoms with E-state index >= 15 is 0 Å². The van der Waals surface area contributed by atoms with Crippen LogP contribution in [0.3, 0.4) is 0 Å². The highest BCUT2D eigenvalue weighted by Crippen LogP contribution is 2.47. The Labute approximate surface area is 381 Å². The molecule has 65 heavy (non-hydrogen) atoms. The lowest BCUT2D eigenvalue weighted by atomic mass is 9.89. The van der Waals surface area contributed by atoms with Crippen molar-refractivity contribution in [2.75, 3.05) is 4.90 Å². The van der Waals surface area contributed by atoms with Crippen molar-refractivity contribution in [3.05, 3.63) is 273 Å². The first-order chi connectivity index (χ1) is 32.2. The third-order valence-electron chi connectivity index (χ3n) is 12.5. The molecule has 0 heterocycles. The quantitative estimate of drug-likeness (QED) is 0.133. The monoisotopic (exact) mass is 827 g/mol. The van der Waals surface area contributed by atoms with E-state index in [9.17, 15) is 0 Å². The molecule has 0 saturated carbocycles. The van der Waals surface area contributed by atoms with Gasteiger partial charge in [0.05, 0.1) is 11.4 Å². The first-order valence-electron chi connectivity index (χ1n) is 22.3. The van der Waals surface area contributed by atoms with Crippen LogP contribution in [0.5, 0.6) is 0 Å². The highest BCUT2D eigenvalue weighted by atomic mass is 15.1. The van der Waals surface area contributed by atoms with Gasteiger partial charge in [-0.25, -0.2) is 0 Å². The van der Waals surface area contributed by atoms with Gasteiger partial charge in [-0.1, -0.05) is 231 Å². The average molecular weight is 828 g/mol. The summed E-state index contributed by atoms with van der Waals surface area (Å²) in [6.45, 7) is 0. The van der Waals surface area contributed by atoms with E-state index in [1.54, 1.807) is 0 Å². The van der Waals surface area contributed by atoms with E-state index in [4.69, 9.17) is 0 Å². The Morgan fingerprint density at radius 2 is 0.569 bits per heavy atom. The van der Waals surface area contributed by atoms with Crippen molar-refractivity contribution in [1.82, 2.24) is 0 Å². The van der Waals surface area contributed by atoms with Gasteiger partial charge in [0.1, 0.15) is 0 Å². The first-order valence-corrected chi connectivity index (χ1v) is 22.3. The Morgan fingerprint density at radius 1 is 0.200 bits per heavy atom. The summed E-state index contributed by atoms with van der Waals surface area (Å²) in [5.74, 6) is 0. The van der Waals surface area contributed by atoms with E-state index in [1.807, 2.05) is 0 Å². The maximum Gasteiger partial charge on any atom is 0.0540 e. The van der Waals surface area contributed by atoms with Gasteiger partial charge in [-0.2, -0.15) is 0 Å². The molecule has 11 rings (SSSR count). The van der Waals surface area contributed by atoms with Crippen LogP contribution in [-0.2, 0) is 0 Å². The fourth-order valence-corrected chi connectivity index (χ4v) is 9.27. The zero-order valence-corrected chi connectivity index (χ0v) is 35.9. The van der Waals surface area contributed by atoms with Gasteiger partial charge >= 0.3 is 0 Å². The van der Waals surface area contributed by atoms with Crippen LogP contribution in [0.2, 0.25) is 0 Å². The summed E-state index contributed by atoms with van der Waals surface area (Å²) in [5, 5.41) is 2.48. The molecule has 0 amide bonds. The molecule has 1 nitrogen and oxygen atoms in total. The first kappa shape index (κ1) is 39.3. The van der Waals surface area contributed by atoms with Crippen LogP contribution in [-0.4, -0.2) is 0 Å². The molecule has 0 fully saturated rings. The van der Waals surface area contributed by atoms with Gasteiger partial charge in [0, 0.05) is 16.8 Å². The summed E-state index contributed by atoms with van der Waals surface area (Å²) in [7, 11) is 0. The van der Waals surface area contributed by atoms with Gasteiger partial charge in [0.15, 0.2) is 0 Å². The highest BCUT2D eigenvalue weighted by Gasteiger charge is 2.23. The summed E-state index contributed by atoms with van der Waals surface area (Å²) in [6.07, 6.45) is 0. The number of benzene rings is 11. The third kappa shape index (κ3) is 7.93. The molecule has 0 aliphatic carbocycles. The molecule has 0 bridgehead atoms. The molecule has 306 valence electrons. The molecule has 0 saturated heterocycles. The lowest BCUT2D eigenvalue weighted by molar-refractivity contribution is 1.28. The van der Waals surface area contributed by atoms with Gasteiger partial charge in [-0.3, -0.25) is 0 Å². The fourth-order valence-electron chi connectivity index (χ4n) is 9.27. The number of anilines is 3. The molecule has 11 aromatic rings. The largest absolute Gasteiger partial charge is 0.309 e.